The summed E-state index contributed by atoms with van der Waals surface area (Å²) < 4.78 is 11.9. The average Bonchev–Trinajstić information content (AvgIpc) is 2.82. The molecule has 32 heavy (non-hydrogen) atoms. The Morgan fingerprint density at radius 3 is 2.59 bits per heavy atom. The highest BCUT2D eigenvalue weighted by Gasteiger charge is 2.23. The summed E-state index contributed by atoms with van der Waals surface area (Å²) in [5.74, 6) is 3.23. The van der Waals surface area contributed by atoms with E-state index in [1.165, 1.54) is 5.56 Å². The number of anilines is 2. The Morgan fingerprint density at radius 2 is 1.88 bits per heavy atom. The molecule has 0 bridgehead atoms. The number of aromatic nitrogens is 4. The van der Waals surface area contributed by atoms with Crippen LogP contribution in [0.25, 0.3) is 11.0 Å². The maximum Gasteiger partial charge on any atom is 0.225 e. The zero-order valence-electron chi connectivity index (χ0n) is 18.3. The monoisotopic (exact) mass is 472 g/mol. The van der Waals surface area contributed by atoms with Crippen molar-refractivity contribution >= 4 is 45.4 Å². The number of rotatable bonds is 8. The molecule has 170 valence electrons. The van der Waals surface area contributed by atoms with Crippen molar-refractivity contribution in [1.29, 1.82) is 0 Å². The molecular formula is C22H28N6O2S2. The van der Waals surface area contributed by atoms with Gasteiger partial charge in [-0.1, -0.05) is 55.9 Å². The number of fused-ring (bicyclic) bond motifs is 1. The summed E-state index contributed by atoms with van der Waals surface area (Å²) in [6, 6.07) is 10.2. The minimum atomic E-state index is -0.784. The first-order valence-corrected chi connectivity index (χ1v) is 13.1. The Labute approximate surface area is 194 Å². The van der Waals surface area contributed by atoms with Crippen LogP contribution in [0.2, 0.25) is 0 Å². The molecule has 2 N–H and O–H groups in total. The third kappa shape index (κ3) is 5.54. The molecule has 0 amide bonds. The quantitative estimate of drug-likeness (QED) is 0.378. The number of hydrogen-bond acceptors (Lipinski definition) is 9. The molecule has 0 aliphatic carbocycles. The molecule has 0 radical (unpaired) electrons. The van der Waals surface area contributed by atoms with Crippen LogP contribution in [0, 0.1) is 5.41 Å². The van der Waals surface area contributed by atoms with Crippen LogP contribution >= 0.6 is 11.8 Å². The molecule has 0 saturated carbocycles. The van der Waals surface area contributed by atoms with E-state index in [2.05, 4.69) is 32.3 Å². The summed E-state index contributed by atoms with van der Waals surface area (Å²) in [7, 11) is -0.784. The minimum absolute atomic E-state index is 0.0552. The van der Waals surface area contributed by atoms with E-state index in [0.29, 0.717) is 48.1 Å². The highest BCUT2D eigenvalue weighted by molar-refractivity contribution is 7.98. The summed E-state index contributed by atoms with van der Waals surface area (Å²) in [5, 5.41) is 13.7. The van der Waals surface area contributed by atoms with Gasteiger partial charge in [0.25, 0.3) is 0 Å². The summed E-state index contributed by atoms with van der Waals surface area (Å²) in [5.41, 5.74) is 2.31. The Hall–Kier alpha value is -2.30. The topological polar surface area (TPSA) is 104 Å². The van der Waals surface area contributed by atoms with Gasteiger partial charge in [-0.25, -0.2) is 15.0 Å². The first kappa shape index (κ1) is 22.9. The van der Waals surface area contributed by atoms with E-state index < -0.39 is 10.8 Å². The Morgan fingerprint density at radius 1 is 1.12 bits per heavy atom. The van der Waals surface area contributed by atoms with Gasteiger partial charge in [-0.2, -0.15) is 4.98 Å². The van der Waals surface area contributed by atoms with Gasteiger partial charge < -0.3 is 15.3 Å². The van der Waals surface area contributed by atoms with Crippen LogP contribution < -0.4 is 10.2 Å². The second-order valence-corrected chi connectivity index (χ2v) is 11.2. The average molecular weight is 473 g/mol. The summed E-state index contributed by atoms with van der Waals surface area (Å²) in [6.45, 7) is 5.87. The largest absolute Gasteiger partial charge is 0.396 e. The smallest absolute Gasteiger partial charge is 0.225 e. The molecule has 4 rings (SSSR count). The van der Waals surface area contributed by atoms with Crippen LogP contribution in [0.4, 0.5) is 11.8 Å². The van der Waals surface area contributed by atoms with E-state index in [1.807, 2.05) is 32.0 Å². The minimum Gasteiger partial charge on any atom is -0.396 e. The second-order valence-electron chi connectivity index (χ2n) is 8.53. The van der Waals surface area contributed by atoms with Gasteiger partial charge in [0.1, 0.15) is 22.4 Å². The maximum absolute atomic E-state index is 11.9. The highest BCUT2D eigenvalue weighted by atomic mass is 32.2. The van der Waals surface area contributed by atoms with E-state index >= 15 is 0 Å². The number of aliphatic hydroxyl groups is 1. The molecule has 0 atom stereocenters. The van der Waals surface area contributed by atoms with E-state index in [9.17, 15) is 9.32 Å². The Kier molecular flexibility index (Phi) is 7.22. The van der Waals surface area contributed by atoms with Gasteiger partial charge in [-0.3, -0.25) is 4.21 Å². The first-order chi connectivity index (χ1) is 15.4. The summed E-state index contributed by atoms with van der Waals surface area (Å²) >= 11 is 1.62. The van der Waals surface area contributed by atoms with Crippen molar-refractivity contribution in [3.05, 3.63) is 42.2 Å². The number of nitrogens with one attached hydrogen (secondary N) is 1. The van der Waals surface area contributed by atoms with Crippen molar-refractivity contribution in [2.75, 3.05) is 48.0 Å². The van der Waals surface area contributed by atoms with Crippen LogP contribution in [-0.4, -0.2) is 67.0 Å². The van der Waals surface area contributed by atoms with E-state index in [-0.39, 0.29) is 12.0 Å². The highest BCUT2D eigenvalue weighted by Crippen LogP contribution is 2.31. The Balaban J connectivity index is 1.70. The van der Waals surface area contributed by atoms with Gasteiger partial charge in [-0.15, -0.1) is 0 Å². The summed E-state index contributed by atoms with van der Waals surface area (Å²) in [6.07, 6.45) is 1.56. The molecular weight excluding hydrogens is 444 g/mol. The van der Waals surface area contributed by atoms with Crippen LogP contribution in [0.1, 0.15) is 19.4 Å². The second kappa shape index (κ2) is 10.1. The fourth-order valence-electron chi connectivity index (χ4n) is 3.27. The molecule has 3 heterocycles. The van der Waals surface area contributed by atoms with Crippen LogP contribution in [0.5, 0.6) is 0 Å². The van der Waals surface area contributed by atoms with Crippen LogP contribution in [-0.2, 0) is 16.6 Å². The molecule has 10 heteroatoms. The van der Waals surface area contributed by atoms with Crippen molar-refractivity contribution in [3.63, 3.8) is 0 Å². The lowest BCUT2D eigenvalue weighted by molar-refractivity contribution is 0.170. The van der Waals surface area contributed by atoms with Crippen molar-refractivity contribution in [3.8, 4) is 0 Å². The molecule has 2 aromatic heterocycles. The number of nitrogens with zero attached hydrogens (tertiary/aromatic N) is 5. The fraction of sp³-hybridized carbons (Fsp3) is 0.455. The zero-order chi connectivity index (χ0) is 22.6. The molecule has 0 unspecified atom stereocenters. The molecule has 1 aliphatic heterocycles. The number of aliphatic hydroxyl groups excluding tert-OH is 1. The third-order valence-electron chi connectivity index (χ3n) is 5.28. The lowest BCUT2D eigenvalue weighted by Gasteiger charge is -2.28. The predicted molar refractivity (Wildman–Crippen MR) is 131 cm³/mol. The molecule has 1 saturated heterocycles. The maximum atomic E-state index is 11.9. The van der Waals surface area contributed by atoms with E-state index in [1.54, 1.807) is 18.1 Å². The molecule has 3 aromatic rings. The standard InChI is InChI=1S/C22H28N6O2S2/c1-22(2,14-29)13-23-21-26-18-17(19(27-21)28-8-10-32(30)11-9-28)24-15-25-20(18)31-12-16-6-4-3-5-7-16/h3-7,15,29H,8-14H2,1-2H3,(H,23,26,27). The van der Waals surface area contributed by atoms with Crippen molar-refractivity contribution in [2.45, 2.75) is 24.6 Å². The lowest BCUT2D eigenvalue weighted by Crippen LogP contribution is -2.38. The zero-order valence-corrected chi connectivity index (χ0v) is 20.0. The van der Waals surface area contributed by atoms with Gasteiger partial charge in [0.15, 0.2) is 5.82 Å². The Bertz CT molecular complexity index is 1090. The molecule has 8 nitrogen and oxygen atoms in total. The van der Waals surface area contributed by atoms with Gasteiger partial charge in [-0.05, 0) is 5.56 Å². The number of benzene rings is 1. The van der Waals surface area contributed by atoms with Crippen molar-refractivity contribution in [1.82, 2.24) is 19.9 Å². The number of hydrogen-bond donors (Lipinski definition) is 2. The molecule has 1 fully saturated rings. The number of thioether (sulfide) groups is 1. The SMILES string of the molecule is CC(C)(CO)CNc1nc(N2CCS(=O)CC2)c2ncnc(SCc3ccccc3)c2n1. The van der Waals surface area contributed by atoms with Crippen LogP contribution in [0.3, 0.4) is 0 Å². The summed E-state index contributed by atoms with van der Waals surface area (Å²) in [4.78, 5) is 20.7. The van der Waals surface area contributed by atoms with Gasteiger partial charge in [0.2, 0.25) is 5.95 Å². The van der Waals surface area contributed by atoms with Crippen LogP contribution in [0.15, 0.2) is 41.7 Å². The normalized spacial score (nSPS) is 15.3. The lowest BCUT2D eigenvalue weighted by atomic mass is 9.95. The van der Waals surface area contributed by atoms with Gasteiger partial charge >= 0.3 is 0 Å². The van der Waals surface area contributed by atoms with E-state index in [4.69, 9.17) is 9.97 Å². The third-order valence-corrected chi connectivity index (χ3v) is 7.60. The molecule has 1 aromatic carbocycles. The first-order valence-electron chi connectivity index (χ1n) is 10.6. The molecule has 1 aliphatic rings. The van der Waals surface area contributed by atoms with Gasteiger partial charge in [0.05, 0.1) is 0 Å². The van der Waals surface area contributed by atoms with Gasteiger partial charge in [0, 0.05) is 59.7 Å². The molecule has 0 spiro atoms. The fourth-order valence-corrected chi connectivity index (χ4v) is 5.21. The predicted octanol–water partition coefficient (Wildman–Crippen LogP) is 2.71. The van der Waals surface area contributed by atoms with Crippen molar-refractivity contribution < 1.29 is 9.32 Å². The van der Waals surface area contributed by atoms with Crippen molar-refractivity contribution in [2.24, 2.45) is 5.41 Å². The van der Waals surface area contributed by atoms with E-state index in [0.717, 1.165) is 16.6 Å².